The molecule has 0 atom stereocenters. The quantitative estimate of drug-likeness (QED) is 0.387. The number of nitrogens with zero attached hydrogens (tertiary/aromatic N) is 6. The number of rotatable bonds is 6. The van der Waals surface area contributed by atoms with Gasteiger partial charge in [0.1, 0.15) is 6.61 Å². The molecule has 8 nitrogen and oxygen atoms in total. The van der Waals surface area contributed by atoms with Gasteiger partial charge in [-0.25, -0.2) is 14.5 Å². The monoisotopic (exact) mass is 481 g/mol. The number of ether oxygens (including phenoxy) is 1. The van der Waals surface area contributed by atoms with Gasteiger partial charge in [0, 0.05) is 85.7 Å². The second kappa shape index (κ2) is 11.2. The Hall–Kier alpha value is -3.88. The Labute approximate surface area is 211 Å². The molecule has 4 aromatic heterocycles. The first-order chi connectivity index (χ1) is 17.8. The molecule has 0 saturated carbocycles. The number of hydrogen-bond acceptors (Lipinski definition) is 7. The molecule has 36 heavy (non-hydrogen) atoms. The predicted molar refractivity (Wildman–Crippen MR) is 143 cm³/mol. The first-order valence-corrected chi connectivity index (χ1v) is 12.5. The van der Waals surface area contributed by atoms with E-state index in [4.69, 9.17) is 9.72 Å². The van der Waals surface area contributed by atoms with Crippen molar-refractivity contribution in [1.82, 2.24) is 34.8 Å². The van der Waals surface area contributed by atoms with Crippen molar-refractivity contribution in [2.75, 3.05) is 39.3 Å². The molecule has 1 N–H and O–H groups in total. The van der Waals surface area contributed by atoms with Crippen molar-refractivity contribution in [2.24, 2.45) is 0 Å². The fourth-order valence-corrected chi connectivity index (χ4v) is 4.39. The van der Waals surface area contributed by atoms with Crippen molar-refractivity contribution in [1.29, 1.82) is 0 Å². The van der Waals surface area contributed by atoms with Crippen molar-refractivity contribution in [3.05, 3.63) is 73.4 Å². The van der Waals surface area contributed by atoms with Gasteiger partial charge >= 0.3 is 0 Å². The van der Waals surface area contributed by atoms with Crippen LogP contribution < -0.4 is 10.1 Å². The van der Waals surface area contributed by atoms with E-state index in [1.807, 2.05) is 85.7 Å². The van der Waals surface area contributed by atoms with Crippen molar-refractivity contribution in [3.8, 4) is 28.1 Å². The molecule has 1 fully saturated rings. The lowest BCUT2D eigenvalue weighted by Crippen LogP contribution is -2.44. The number of para-hydroxylation sites is 1. The van der Waals surface area contributed by atoms with Crippen molar-refractivity contribution in [3.63, 3.8) is 0 Å². The molecule has 1 saturated heterocycles. The fraction of sp³-hybridized carbons (Fsp3) is 0.286. The number of fused-ring (bicyclic) bond motifs is 2. The molecule has 0 unspecified atom stereocenters. The second-order valence-corrected chi connectivity index (χ2v) is 8.37. The molecule has 8 heteroatoms. The van der Waals surface area contributed by atoms with Gasteiger partial charge in [-0.05, 0) is 23.8 Å². The van der Waals surface area contributed by atoms with Crippen LogP contribution in [0.15, 0.2) is 73.4 Å². The summed E-state index contributed by atoms with van der Waals surface area (Å²) in [6, 6.07) is 14.1. The molecule has 1 aromatic carbocycles. The van der Waals surface area contributed by atoms with Crippen molar-refractivity contribution in [2.45, 2.75) is 13.8 Å². The molecule has 1 aliphatic rings. The lowest BCUT2D eigenvalue weighted by atomic mass is 10.0. The van der Waals surface area contributed by atoms with Crippen LogP contribution in [0.3, 0.4) is 0 Å². The Kier molecular flexibility index (Phi) is 7.44. The first kappa shape index (κ1) is 23.8. The molecule has 184 valence electrons. The maximum atomic E-state index is 5.85. The zero-order valence-corrected chi connectivity index (χ0v) is 20.8. The van der Waals surface area contributed by atoms with Crippen LogP contribution in [0.25, 0.3) is 38.8 Å². The summed E-state index contributed by atoms with van der Waals surface area (Å²) in [6.45, 7) is 9.78. The van der Waals surface area contributed by atoms with Crippen LogP contribution in [0.2, 0.25) is 0 Å². The maximum absolute atomic E-state index is 5.85. The molecule has 0 aliphatic carbocycles. The average Bonchev–Trinajstić information content (AvgIpc) is 3.38. The van der Waals surface area contributed by atoms with Gasteiger partial charge in [-0.2, -0.15) is 5.10 Å². The summed E-state index contributed by atoms with van der Waals surface area (Å²) in [5, 5.41) is 9.02. The van der Waals surface area contributed by atoms with Gasteiger partial charge < -0.3 is 10.1 Å². The number of piperazine rings is 1. The van der Waals surface area contributed by atoms with Crippen LogP contribution in [0.5, 0.6) is 5.88 Å². The van der Waals surface area contributed by atoms with Crippen molar-refractivity contribution < 1.29 is 4.74 Å². The van der Waals surface area contributed by atoms with Crippen LogP contribution in [0.1, 0.15) is 13.8 Å². The van der Waals surface area contributed by atoms with E-state index in [9.17, 15) is 0 Å². The third-order valence-electron chi connectivity index (χ3n) is 6.23. The zero-order chi connectivity index (χ0) is 24.7. The van der Waals surface area contributed by atoms with E-state index in [1.165, 1.54) is 0 Å². The van der Waals surface area contributed by atoms with Gasteiger partial charge in [0.05, 0.1) is 11.7 Å². The van der Waals surface area contributed by atoms with Gasteiger partial charge in [0.2, 0.25) is 5.88 Å². The summed E-state index contributed by atoms with van der Waals surface area (Å²) in [5.41, 5.74) is 5.73. The van der Waals surface area contributed by atoms with Crippen LogP contribution in [-0.2, 0) is 0 Å². The Balaban J connectivity index is 0.00000130. The van der Waals surface area contributed by atoms with E-state index in [-0.39, 0.29) is 0 Å². The zero-order valence-electron chi connectivity index (χ0n) is 20.8. The predicted octanol–water partition coefficient (Wildman–Crippen LogP) is 4.32. The van der Waals surface area contributed by atoms with E-state index in [1.54, 1.807) is 0 Å². The Morgan fingerprint density at radius 3 is 2.53 bits per heavy atom. The van der Waals surface area contributed by atoms with Crippen LogP contribution >= 0.6 is 0 Å². The van der Waals surface area contributed by atoms with Gasteiger partial charge in [0.15, 0.2) is 5.65 Å². The maximum Gasteiger partial charge on any atom is 0.213 e. The van der Waals surface area contributed by atoms with E-state index < -0.39 is 0 Å². The highest BCUT2D eigenvalue weighted by Crippen LogP contribution is 2.30. The molecule has 0 radical (unpaired) electrons. The number of benzene rings is 1. The minimum Gasteiger partial charge on any atom is -0.476 e. The standard InChI is InChI=1S/C26H25N7O.C2H6/c1-2-4-24-22(3-1)21(7-8-28-24)23-17-31-33-18-20(16-30-26(23)33)19-5-6-25(29-15-19)34-14-13-32-11-9-27-10-12-32;1-2/h1-8,15-18,27H,9-14H2;1-2H3. The minimum atomic E-state index is 0.638. The van der Waals surface area contributed by atoms with Gasteiger partial charge in [0.25, 0.3) is 0 Å². The van der Waals surface area contributed by atoms with E-state index in [0.717, 1.165) is 71.5 Å². The lowest BCUT2D eigenvalue weighted by Gasteiger charge is -2.26. The number of hydrogen-bond donors (Lipinski definition) is 1. The SMILES string of the molecule is CC.c1ccc2c(-c3cnn4cc(-c5ccc(OCCN6CCNCC6)nc5)cnc34)ccnc2c1. The third-order valence-corrected chi connectivity index (χ3v) is 6.23. The number of aromatic nitrogens is 5. The van der Waals surface area contributed by atoms with Gasteiger partial charge in [-0.1, -0.05) is 32.0 Å². The van der Waals surface area contributed by atoms with E-state index in [2.05, 4.69) is 31.3 Å². The van der Waals surface area contributed by atoms with Crippen LogP contribution in [-0.4, -0.2) is 68.8 Å². The second-order valence-electron chi connectivity index (χ2n) is 8.37. The minimum absolute atomic E-state index is 0.638. The van der Waals surface area contributed by atoms with E-state index >= 15 is 0 Å². The highest BCUT2D eigenvalue weighted by atomic mass is 16.5. The Morgan fingerprint density at radius 2 is 1.69 bits per heavy atom. The molecule has 0 spiro atoms. The van der Waals surface area contributed by atoms with Gasteiger partial charge in [-0.3, -0.25) is 9.88 Å². The Morgan fingerprint density at radius 1 is 0.861 bits per heavy atom. The van der Waals surface area contributed by atoms with Crippen LogP contribution in [0.4, 0.5) is 0 Å². The topological polar surface area (TPSA) is 80.5 Å². The molecular formula is C28H31N7O. The summed E-state index contributed by atoms with van der Waals surface area (Å²) in [4.78, 5) is 16.1. The molecule has 5 heterocycles. The Bertz CT molecular complexity index is 1420. The fourth-order valence-electron chi connectivity index (χ4n) is 4.39. The number of nitrogens with one attached hydrogen (secondary N) is 1. The largest absolute Gasteiger partial charge is 0.476 e. The molecule has 5 aromatic rings. The normalized spacial score (nSPS) is 13.9. The lowest BCUT2D eigenvalue weighted by molar-refractivity contribution is 0.188. The molecular weight excluding hydrogens is 450 g/mol. The molecule has 1 aliphatic heterocycles. The summed E-state index contributed by atoms with van der Waals surface area (Å²) >= 11 is 0. The highest BCUT2D eigenvalue weighted by molar-refractivity contribution is 5.97. The number of pyridine rings is 2. The highest BCUT2D eigenvalue weighted by Gasteiger charge is 2.13. The average molecular weight is 482 g/mol. The summed E-state index contributed by atoms with van der Waals surface area (Å²) in [6.07, 6.45) is 9.36. The molecule has 0 amide bonds. The third kappa shape index (κ3) is 5.05. The van der Waals surface area contributed by atoms with E-state index in [0.29, 0.717) is 12.5 Å². The molecule has 6 rings (SSSR count). The first-order valence-electron chi connectivity index (χ1n) is 12.5. The van der Waals surface area contributed by atoms with Crippen LogP contribution in [0, 0.1) is 0 Å². The smallest absolute Gasteiger partial charge is 0.213 e. The van der Waals surface area contributed by atoms with Gasteiger partial charge in [-0.15, -0.1) is 0 Å². The van der Waals surface area contributed by atoms with Crippen molar-refractivity contribution >= 4 is 16.6 Å². The molecule has 0 bridgehead atoms. The summed E-state index contributed by atoms with van der Waals surface area (Å²) < 4.78 is 7.66. The summed E-state index contributed by atoms with van der Waals surface area (Å²) in [7, 11) is 0. The summed E-state index contributed by atoms with van der Waals surface area (Å²) in [5.74, 6) is 0.638.